The molecule has 2 heterocycles. The molecular weight excluding hydrogens is 322 g/mol. The first-order chi connectivity index (χ1) is 11.3. The zero-order valence-corrected chi connectivity index (χ0v) is 15.8. The normalized spacial score (nSPS) is 21.3. The number of likely N-dealkylation sites (N-methyl/N-ethyl adjacent to an activating group) is 1. The second-order valence-corrected chi connectivity index (χ2v) is 7.76. The van der Waals surface area contributed by atoms with Crippen molar-refractivity contribution < 1.29 is 9.53 Å². The van der Waals surface area contributed by atoms with Crippen LogP contribution in [0.4, 0.5) is 5.13 Å². The Kier molecular flexibility index (Phi) is 4.78. The van der Waals surface area contributed by atoms with Gasteiger partial charge in [-0.25, -0.2) is 4.98 Å². The maximum atomic E-state index is 12.6. The van der Waals surface area contributed by atoms with Crippen molar-refractivity contribution in [2.75, 3.05) is 31.6 Å². The van der Waals surface area contributed by atoms with Gasteiger partial charge in [0.25, 0.3) is 0 Å². The fourth-order valence-electron chi connectivity index (χ4n) is 3.16. The van der Waals surface area contributed by atoms with Crippen molar-refractivity contribution in [1.29, 1.82) is 0 Å². The van der Waals surface area contributed by atoms with Gasteiger partial charge in [0.15, 0.2) is 5.13 Å². The van der Waals surface area contributed by atoms with Gasteiger partial charge < -0.3 is 14.5 Å². The molecule has 2 aromatic rings. The molecule has 1 aliphatic heterocycles. The quantitative estimate of drug-likeness (QED) is 0.856. The van der Waals surface area contributed by atoms with E-state index in [9.17, 15) is 4.79 Å². The van der Waals surface area contributed by atoms with Crippen molar-refractivity contribution in [3.8, 4) is 0 Å². The zero-order valence-electron chi connectivity index (χ0n) is 15.0. The van der Waals surface area contributed by atoms with E-state index in [4.69, 9.17) is 9.72 Å². The van der Waals surface area contributed by atoms with E-state index in [0.29, 0.717) is 19.6 Å². The standard InChI is InChI=1S/C18H25N3O2S/c1-11-6-7-12(2)17-16(11)19-18(24-17)20(5)10-15(22)21-8-13(3)23-14(4)9-21/h6-7,13-14H,8-10H2,1-5H3. The van der Waals surface area contributed by atoms with Crippen molar-refractivity contribution in [2.45, 2.75) is 39.9 Å². The molecule has 2 atom stereocenters. The van der Waals surface area contributed by atoms with Crippen molar-refractivity contribution in [2.24, 2.45) is 0 Å². The van der Waals surface area contributed by atoms with Crippen LogP contribution in [-0.2, 0) is 9.53 Å². The topological polar surface area (TPSA) is 45.7 Å². The molecule has 3 rings (SSSR count). The lowest BCUT2D eigenvalue weighted by molar-refractivity contribution is -0.141. The number of hydrogen-bond donors (Lipinski definition) is 0. The van der Waals surface area contributed by atoms with Crippen LogP contribution < -0.4 is 4.90 Å². The van der Waals surface area contributed by atoms with E-state index in [1.807, 2.05) is 30.7 Å². The molecule has 0 saturated carbocycles. The van der Waals surface area contributed by atoms with Gasteiger partial charge in [0.1, 0.15) is 0 Å². The molecule has 6 heteroatoms. The molecule has 1 fully saturated rings. The van der Waals surface area contributed by atoms with Crippen molar-refractivity contribution in [1.82, 2.24) is 9.88 Å². The molecule has 0 N–H and O–H groups in total. The number of amides is 1. The lowest BCUT2D eigenvalue weighted by Gasteiger charge is -2.36. The number of carbonyl (C=O) groups is 1. The predicted octanol–water partition coefficient (Wildman–Crippen LogP) is 2.99. The Morgan fingerprint density at radius 2 is 1.92 bits per heavy atom. The Bertz CT molecular complexity index is 709. The fourth-order valence-corrected chi connectivity index (χ4v) is 4.24. The zero-order chi connectivity index (χ0) is 17.4. The Morgan fingerprint density at radius 3 is 2.54 bits per heavy atom. The monoisotopic (exact) mass is 347 g/mol. The molecule has 0 radical (unpaired) electrons. The smallest absolute Gasteiger partial charge is 0.242 e. The third-order valence-corrected chi connectivity index (χ3v) is 5.71. The van der Waals surface area contributed by atoms with Crippen LogP contribution in [0.2, 0.25) is 0 Å². The Balaban J connectivity index is 1.75. The van der Waals surface area contributed by atoms with Crippen LogP contribution in [0.1, 0.15) is 25.0 Å². The minimum atomic E-state index is 0.0933. The summed E-state index contributed by atoms with van der Waals surface area (Å²) in [5, 5.41) is 0.894. The van der Waals surface area contributed by atoms with Crippen LogP contribution >= 0.6 is 11.3 Å². The Hall–Kier alpha value is -1.66. The highest BCUT2D eigenvalue weighted by Crippen LogP contribution is 2.32. The first-order valence-electron chi connectivity index (χ1n) is 8.36. The number of morpholine rings is 1. The third-order valence-electron chi connectivity index (χ3n) is 4.40. The number of anilines is 1. The van der Waals surface area contributed by atoms with E-state index in [0.717, 1.165) is 10.6 Å². The van der Waals surface area contributed by atoms with E-state index in [-0.39, 0.29) is 18.1 Å². The largest absolute Gasteiger partial charge is 0.372 e. The summed E-state index contributed by atoms with van der Waals surface area (Å²) >= 11 is 1.66. The second-order valence-electron chi connectivity index (χ2n) is 6.79. The highest BCUT2D eigenvalue weighted by atomic mass is 32.1. The minimum Gasteiger partial charge on any atom is -0.372 e. The van der Waals surface area contributed by atoms with Crippen LogP contribution in [0.5, 0.6) is 0 Å². The average Bonchev–Trinajstić information content (AvgIpc) is 2.96. The third kappa shape index (κ3) is 3.39. The van der Waals surface area contributed by atoms with Crippen LogP contribution in [-0.4, -0.2) is 54.7 Å². The Morgan fingerprint density at radius 1 is 1.29 bits per heavy atom. The molecule has 2 unspecified atom stereocenters. The van der Waals surface area contributed by atoms with Crippen molar-refractivity contribution in [3.63, 3.8) is 0 Å². The van der Waals surface area contributed by atoms with Gasteiger partial charge >= 0.3 is 0 Å². The van der Waals surface area contributed by atoms with Gasteiger partial charge in [-0.2, -0.15) is 0 Å². The van der Waals surface area contributed by atoms with Gasteiger partial charge in [0.2, 0.25) is 5.91 Å². The molecular formula is C18H25N3O2S. The maximum Gasteiger partial charge on any atom is 0.242 e. The summed E-state index contributed by atoms with van der Waals surface area (Å²) in [6, 6.07) is 4.23. The number of aromatic nitrogens is 1. The number of thiazole rings is 1. The summed E-state index contributed by atoms with van der Waals surface area (Å²) in [5.74, 6) is 0.132. The molecule has 1 aliphatic rings. The number of benzene rings is 1. The van der Waals surface area contributed by atoms with Crippen molar-refractivity contribution in [3.05, 3.63) is 23.3 Å². The van der Waals surface area contributed by atoms with Gasteiger partial charge in [-0.05, 0) is 38.8 Å². The van der Waals surface area contributed by atoms with Crippen LogP contribution in [0.15, 0.2) is 12.1 Å². The first-order valence-corrected chi connectivity index (χ1v) is 9.18. The van der Waals surface area contributed by atoms with E-state index >= 15 is 0 Å². The predicted molar refractivity (Wildman–Crippen MR) is 99.0 cm³/mol. The summed E-state index contributed by atoms with van der Waals surface area (Å²) in [5.41, 5.74) is 3.45. The van der Waals surface area contributed by atoms with E-state index in [1.165, 1.54) is 15.8 Å². The maximum absolute atomic E-state index is 12.6. The molecule has 0 aliphatic carbocycles. The van der Waals surface area contributed by atoms with Crippen molar-refractivity contribution >= 4 is 32.6 Å². The molecule has 24 heavy (non-hydrogen) atoms. The second kappa shape index (κ2) is 6.69. The molecule has 1 saturated heterocycles. The highest BCUT2D eigenvalue weighted by Gasteiger charge is 2.26. The molecule has 1 aromatic carbocycles. The highest BCUT2D eigenvalue weighted by molar-refractivity contribution is 7.22. The average molecular weight is 347 g/mol. The SMILES string of the molecule is Cc1ccc(C)c2sc(N(C)CC(=O)N3CC(C)OC(C)C3)nc12. The Labute approximate surface area is 147 Å². The molecule has 1 amide bonds. The number of carbonyl (C=O) groups excluding carboxylic acids is 1. The summed E-state index contributed by atoms with van der Waals surface area (Å²) < 4.78 is 6.91. The number of ether oxygens (including phenoxy) is 1. The summed E-state index contributed by atoms with van der Waals surface area (Å²) in [4.78, 5) is 21.2. The number of fused-ring (bicyclic) bond motifs is 1. The van der Waals surface area contributed by atoms with E-state index < -0.39 is 0 Å². The molecule has 5 nitrogen and oxygen atoms in total. The molecule has 0 spiro atoms. The van der Waals surface area contributed by atoms with Gasteiger partial charge in [-0.3, -0.25) is 4.79 Å². The number of nitrogens with zero attached hydrogens (tertiary/aromatic N) is 3. The summed E-state index contributed by atoms with van der Waals surface area (Å²) in [7, 11) is 1.94. The van der Waals surface area contributed by atoms with Crippen LogP contribution in [0.3, 0.4) is 0 Å². The fraction of sp³-hybridized carbons (Fsp3) is 0.556. The molecule has 0 bridgehead atoms. The summed E-state index contributed by atoms with van der Waals surface area (Å²) in [6.45, 7) is 9.87. The summed E-state index contributed by atoms with van der Waals surface area (Å²) in [6.07, 6.45) is 0.187. The van der Waals surface area contributed by atoms with Gasteiger partial charge in [0.05, 0.1) is 29.0 Å². The lowest BCUT2D eigenvalue weighted by atomic mass is 10.1. The van der Waals surface area contributed by atoms with E-state index in [1.54, 1.807) is 11.3 Å². The lowest BCUT2D eigenvalue weighted by Crippen LogP contribution is -2.50. The van der Waals surface area contributed by atoms with Gasteiger partial charge in [-0.15, -0.1) is 0 Å². The van der Waals surface area contributed by atoms with Gasteiger partial charge in [0, 0.05) is 20.1 Å². The first kappa shape index (κ1) is 17.2. The molecule has 130 valence electrons. The number of hydrogen-bond acceptors (Lipinski definition) is 5. The van der Waals surface area contributed by atoms with Crippen LogP contribution in [0, 0.1) is 13.8 Å². The number of rotatable bonds is 3. The van der Waals surface area contributed by atoms with E-state index in [2.05, 4.69) is 26.0 Å². The minimum absolute atomic E-state index is 0.0933. The number of aryl methyl sites for hydroxylation is 2. The van der Waals surface area contributed by atoms with Gasteiger partial charge in [-0.1, -0.05) is 23.5 Å². The van der Waals surface area contributed by atoms with Crippen LogP contribution in [0.25, 0.3) is 10.2 Å². The molecule has 1 aromatic heterocycles.